The topological polar surface area (TPSA) is 52.6 Å². The number of nitrogens with one attached hydrogen (secondary N) is 1. The Kier molecular flexibility index (Phi) is 5.30. The van der Waals surface area contributed by atoms with Crippen LogP contribution >= 0.6 is 0 Å². The predicted molar refractivity (Wildman–Crippen MR) is 74.0 cm³/mol. The zero-order chi connectivity index (χ0) is 14.5. The Hall–Kier alpha value is -1.62. The summed E-state index contributed by atoms with van der Waals surface area (Å²) in [5.41, 5.74) is -0.403. The van der Waals surface area contributed by atoms with Crippen LogP contribution in [0.5, 0.6) is 0 Å². The van der Waals surface area contributed by atoms with Crippen molar-refractivity contribution in [2.75, 3.05) is 25.5 Å². The lowest BCUT2D eigenvalue weighted by Crippen LogP contribution is -2.47. The highest BCUT2D eigenvalue weighted by molar-refractivity contribution is 5.78. The van der Waals surface area contributed by atoms with E-state index >= 15 is 0 Å². The fourth-order valence-electron chi connectivity index (χ4n) is 1.89. The number of likely N-dealkylation sites (N-methyl/N-ethyl adjacent to an activating group) is 1. The summed E-state index contributed by atoms with van der Waals surface area (Å²) in [6.45, 7) is 2.25. The van der Waals surface area contributed by atoms with Crippen LogP contribution < -0.4 is 10.2 Å². The van der Waals surface area contributed by atoms with Crippen molar-refractivity contribution in [2.24, 2.45) is 0 Å². The molecule has 0 fully saturated rings. The SMILES string of the molecule is CNC(C)(CCCN(C)c1ccccc1F)C(=O)O. The van der Waals surface area contributed by atoms with Crippen molar-refractivity contribution in [1.82, 2.24) is 5.32 Å². The van der Waals surface area contributed by atoms with E-state index in [0.29, 0.717) is 25.1 Å². The average molecular weight is 268 g/mol. The van der Waals surface area contributed by atoms with Gasteiger partial charge in [0.2, 0.25) is 0 Å². The monoisotopic (exact) mass is 268 g/mol. The minimum Gasteiger partial charge on any atom is -0.480 e. The standard InChI is InChI=1S/C14H21FN2O2/c1-14(16-2,13(18)19)9-6-10-17(3)12-8-5-4-7-11(12)15/h4-5,7-8,16H,6,9-10H2,1-3H3,(H,18,19). The Morgan fingerprint density at radius 2 is 2.11 bits per heavy atom. The minimum absolute atomic E-state index is 0.264. The van der Waals surface area contributed by atoms with Gasteiger partial charge in [-0.25, -0.2) is 4.39 Å². The maximum absolute atomic E-state index is 13.5. The third kappa shape index (κ3) is 3.92. The summed E-state index contributed by atoms with van der Waals surface area (Å²) >= 11 is 0. The number of carboxylic acids is 1. The summed E-state index contributed by atoms with van der Waals surface area (Å²) in [5, 5.41) is 11.9. The Labute approximate surface area is 113 Å². The molecule has 0 radical (unpaired) electrons. The van der Waals surface area contributed by atoms with Crippen LogP contribution in [0.25, 0.3) is 0 Å². The number of rotatable bonds is 7. The van der Waals surface area contributed by atoms with E-state index < -0.39 is 11.5 Å². The van der Waals surface area contributed by atoms with Gasteiger partial charge in [0.1, 0.15) is 11.4 Å². The molecule has 0 heterocycles. The van der Waals surface area contributed by atoms with Gasteiger partial charge in [-0.15, -0.1) is 0 Å². The molecular formula is C14H21FN2O2. The molecule has 106 valence electrons. The second-order valence-corrected chi connectivity index (χ2v) is 4.86. The number of anilines is 1. The van der Waals surface area contributed by atoms with Crippen LogP contribution in [0.1, 0.15) is 19.8 Å². The molecule has 1 rings (SSSR count). The molecule has 1 atom stereocenters. The average Bonchev–Trinajstić information content (AvgIpc) is 2.38. The summed E-state index contributed by atoms with van der Waals surface area (Å²) in [5.74, 6) is -1.14. The summed E-state index contributed by atoms with van der Waals surface area (Å²) in [7, 11) is 3.44. The molecule has 1 unspecified atom stereocenters. The van der Waals surface area contributed by atoms with Crippen molar-refractivity contribution in [3.05, 3.63) is 30.1 Å². The van der Waals surface area contributed by atoms with E-state index in [9.17, 15) is 9.18 Å². The van der Waals surface area contributed by atoms with Crippen molar-refractivity contribution in [1.29, 1.82) is 0 Å². The number of hydrogen-bond acceptors (Lipinski definition) is 3. The summed E-state index contributed by atoms with van der Waals surface area (Å²) in [6, 6.07) is 6.56. The fourth-order valence-corrected chi connectivity index (χ4v) is 1.89. The number of benzene rings is 1. The maximum Gasteiger partial charge on any atom is 0.323 e. The molecule has 2 N–H and O–H groups in total. The van der Waals surface area contributed by atoms with Crippen molar-refractivity contribution >= 4 is 11.7 Å². The highest BCUT2D eigenvalue weighted by Gasteiger charge is 2.30. The zero-order valence-electron chi connectivity index (χ0n) is 11.6. The largest absolute Gasteiger partial charge is 0.480 e. The Morgan fingerprint density at radius 3 is 2.63 bits per heavy atom. The molecule has 4 nitrogen and oxygen atoms in total. The third-order valence-corrected chi connectivity index (χ3v) is 3.46. The number of nitrogens with zero attached hydrogens (tertiary/aromatic N) is 1. The van der Waals surface area contributed by atoms with Gasteiger partial charge in [-0.2, -0.15) is 0 Å². The first kappa shape index (κ1) is 15.4. The zero-order valence-corrected chi connectivity index (χ0v) is 11.6. The Balaban J connectivity index is 2.54. The number of halogens is 1. The molecule has 0 aliphatic rings. The fraction of sp³-hybridized carbons (Fsp3) is 0.500. The molecule has 0 amide bonds. The molecule has 0 bridgehead atoms. The molecule has 1 aromatic rings. The Morgan fingerprint density at radius 1 is 1.47 bits per heavy atom. The van der Waals surface area contributed by atoms with Gasteiger partial charge in [-0.05, 0) is 38.9 Å². The number of carbonyl (C=O) groups is 1. The summed E-state index contributed by atoms with van der Waals surface area (Å²) < 4.78 is 13.5. The van der Waals surface area contributed by atoms with Crippen molar-refractivity contribution in [3.63, 3.8) is 0 Å². The number of para-hydroxylation sites is 1. The number of hydrogen-bond donors (Lipinski definition) is 2. The van der Waals surface area contributed by atoms with Gasteiger partial charge >= 0.3 is 5.97 Å². The Bertz CT molecular complexity index is 439. The normalized spacial score (nSPS) is 13.9. The molecule has 5 heteroatoms. The van der Waals surface area contributed by atoms with Crippen molar-refractivity contribution in [2.45, 2.75) is 25.3 Å². The quantitative estimate of drug-likeness (QED) is 0.795. The second kappa shape index (κ2) is 6.52. The molecule has 0 saturated heterocycles. The highest BCUT2D eigenvalue weighted by Crippen LogP contribution is 2.19. The molecule has 0 saturated carbocycles. The van der Waals surface area contributed by atoms with E-state index in [2.05, 4.69) is 5.32 Å². The van der Waals surface area contributed by atoms with E-state index in [0.717, 1.165) is 0 Å². The molecule has 0 aromatic heterocycles. The van der Waals surface area contributed by atoms with E-state index in [1.807, 2.05) is 0 Å². The molecule has 0 aliphatic heterocycles. The maximum atomic E-state index is 13.5. The number of aliphatic carboxylic acids is 1. The van der Waals surface area contributed by atoms with Gasteiger partial charge in [0.25, 0.3) is 0 Å². The number of carboxylic acid groups (broad SMARTS) is 1. The minimum atomic E-state index is -0.934. The van der Waals surface area contributed by atoms with Gasteiger partial charge in [0.15, 0.2) is 0 Å². The lowest BCUT2D eigenvalue weighted by molar-refractivity contribution is -0.144. The first-order chi connectivity index (χ1) is 8.90. The van der Waals surface area contributed by atoms with E-state index in [1.165, 1.54) is 6.07 Å². The van der Waals surface area contributed by atoms with Gasteiger partial charge < -0.3 is 15.3 Å². The van der Waals surface area contributed by atoms with Crippen LogP contribution in [0.3, 0.4) is 0 Å². The molecule has 0 spiro atoms. The highest BCUT2D eigenvalue weighted by atomic mass is 19.1. The van der Waals surface area contributed by atoms with Gasteiger partial charge in [0.05, 0.1) is 5.69 Å². The van der Waals surface area contributed by atoms with Crippen molar-refractivity contribution < 1.29 is 14.3 Å². The van der Waals surface area contributed by atoms with Gasteiger partial charge in [0, 0.05) is 13.6 Å². The lowest BCUT2D eigenvalue weighted by atomic mass is 9.96. The van der Waals surface area contributed by atoms with Gasteiger partial charge in [-0.1, -0.05) is 12.1 Å². The van der Waals surface area contributed by atoms with E-state index in [-0.39, 0.29) is 5.82 Å². The predicted octanol–water partition coefficient (Wildman–Crippen LogP) is 2.10. The first-order valence-corrected chi connectivity index (χ1v) is 6.28. The van der Waals surface area contributed by atoms with Crippen LogP contribution in [-0.4, -0.2) is 37.3 Å². The molecule has 1 aromatic carbocycles. The third-order valence-electron chi connectivity index (χ3n) is 3.46. The molecule has 19 heavy (non-hydrogen) atoms. The van der Waals surface area contributed by atoms with Crippen LogP contribution in [0.4, 0.5) is 10.1 Å². The molecular weight excluding hydrogens is 247 g/mol. The summed E-state index contributed by atoms with van der Waals surface area (Å²) in [4.78, 5) is 12.9. The van der Waals surface area contributed by atoms with E-state index in [1.54, 1.807) is 44.1 Å². The van der Waals surface area contributed by atoms with Crippen LogP contribution in [0.2, 0.25) is 0 Å². The molecule has 0 aliphatic carbocycles. The first-order valence-electron chi connectivity index (χ1n) is 6.28. The van der Waals surface area contributed by atoms with E-state index in [4.69, 9.17) is 5.11 Å². The lowest BCUT2D eigenvalue weighted by Gasteiger charge is -2.26. The smallest absolute Gasteiger partial charge is 0.323 e. The van der Waals surface area contributed by atoms with Crippen LogP contribution in [0, 0.1) is 5.82 Å². The van der Waals surface area contributed by atoms with Crippen LogP contribution in [-0.2, 0) is 4.79 Å². The summed E-state index contributed by atoms with van der Waals surface area (Å²) in [6.07, 6.45) is 1.14. The second-order valence-electron chi connectivity index (χ2n) is 4.86. The van der Waals surface area contributed by atoms with Crippen LogP contribution in [0.15, 0.2) is 24.3 Å². The van der Waals surface area contributed by atoms with Gasteiger partial charge in [-0.3, -0.25) is 4.79 Å². The van der Waals surface area contributed by atoms with Crippen molar-refractivity contribution in [3.8, 4) is 0 Å².